The first kappa shape index (κ1) is 17.2. The Kier molecular flexibility index (Phi) is 5.17. The Balaban J connectivity index is 2.03. The number of unbranched alkanes of at least 4 members (excludes halogenated alkanes) is 2. The Morgan fingerprint density at radius 2 is 1.68 bits per heavy atom. The highest BCUT2D eigenvalue weighted by Gasteiger charge is 2.15. The first-order chi connectivity index (χ1) is 12.2. The van der Waals surface area contributed by atoms with E-state index >= 15 is 0 Å². The summed E-state index contributed by atoms with van der Waals surface area (Å²) in [4.78, 5) is 0. The van der Waals surface area contributed by atoms with Gasteiger partial charge < -0.3 is 19.0 Å². The largest absolute Gasteiger partial charge is 0.507 e. The topological polar surface area (TPSA) is 51.8 Å². The van der Waals surface area contributed by atoms with Crippen LogP contribution >= 0.6 is 0 Å². The molecule has 0 amide bonds. The fraction of sp³-hybridized carbons (Fsp3) is 0.333. The van der Waals surface area contributed by atoms with Crippen molar-refractivity contribution in [1.29, 1.82) is 0 Å². The SMILES string of the molecule is CCCCCc1cc(O)c2c(-c3cc(OC)cc(OC)c3)coc2c1. The molecule has 1 N–H and O–H groups in total. The van der Waals surface area contributed by atoms with Gasteiger partial charge in [-0.1, -0.05) is 19.8 Å². The number of furan rings is 1. The third-order valence-electron chi connectivity index (χ3n) is 4.45. The van der Waals surface area contributed by atoms with Crippen LogP contribution in [-0.2, 0) is 6.42 Å². The van der Waals surface area contributed by atoms with Crippen molar-refractivity contribution < 1.29 is 19.0 Å². The van der Waals surface area contributed by atoms with Crippen molar-refractivity contribution in [2.24, 2.45) is 0 Å². The monoisotopic (exact) mass is 340 g/mol. The Bertz CT molecular complexity index is 841. The van der Waals surface area contributed by atoms with E-state index in [-0.39, 0.29) is 5.75 Å². The van der Waals surface area contributed by atoms with E-state index in [0.29, 0.717) is 17.1 Å². The first-order valence-corrected chi connectivity index (χ1v) is 8.62. The third-order valence-corrected chi connectivity index (χ3v) is 4.45. The lowest BCUT2D eigenvalue weighted by Crippen LogP contribution is -1.89. The Morgan fingerprint density at radius 3 is 2.32 bits per heavy atom. The molecule has 25 heavy (non-hydrogen) atoms. The highest BCUT2D eigenvalue weighted by molar-refractivity contribution is 5.99. The minimum Gasteiger partial charge on any atom is -0.507 e. The average Bonchev–Trinajstić information content (AvgIpc) is 3.06. The second kappa shape index (κ2) is 7.51. The lowest BCUT2D eigenvalue weighted by atomic mass is 10.0. The molecular formula is C21H24O4. The summed E-state index contributed by atoms with van der Waals surface area (Å²) in [6, 6.07) is 9.49. The van der Waals surface area contributed by atoms with Crippen LogP contribution in [0.4, 0.5) is 0 Å². The van der Waals surface area contributed by atoms with Crippen LogP contribution in [0.5, 0.6) is 17.2 Å². The molecule has 1 aromatic heterocycles. The third kappa shape index (κ3) is 3.58. The van der Waals surface area contributed by atoms with Crippen molar-refractivity contribution in [3.8, 4) is 28.4 Å². The quantitative estimate of drug-likeness (QED) is 0.572. The van der Waals surface area contributed by atoms with Gasteiger partial charge in [0.25, 0.3) is 0 Å². The highest BCUT2D eigenvalue weighted by atomic mass is 16.5. The molecule has 0 unspecified atom stereocenters. The molecule has 3 rings (SSSR count). The number of aryl methyl sites for hydroxylation is 1. The van der Waals surface area contributed by atoms with Crippen molar-refractivity contribution in [1.82, 2.24) is 0 Å². The number of hydrogen-bond donors (Lipinski definition) is 1. The van der Waals surface area contributed by atoms with Gasteiger partial charge in [-0.3, -0.25) is 0 Å². The minimum absolute atomic E-state index is 0.245. The predicted molar refractivity (Wildman–Crippen MR) is 99.6 cm³/mol. The molecule has 0 aliphatic heterocycles. The molecule has 3 aromatic rings. The summed E-state index contributed by atoms with van der Waals surface area (Å²) >= 11 is 0. The first-order valence-electron chi connectivity index (χ1n) is 8.62. The molecule has 4 heteroatoms. The van der Waals surface area contributed by atoms with Gasteiger partial charge in [-0.2, -0.15) is 0 Å². The molecule has 0 aliphatic rings. The van der Waals surface area contributed by atoms with E-state index in [1.54, 1.807) is 20.5 Å². The van der Waals surface area contributed by atoms with Crippen LogP contribution in [0, 0.1) is 0 Å². The summed E-state index contributed by atoms with van der Waals surface area (Å²) in [5, 5.41) is 11.3. The second-order valence-electron chi connectivity index (χ2n) is 6.20. The van der Waals surface area contributed by atoms with Gasteiger partial charge in [0.1, 0.15) is 22.8 Å². The molecule has 0 spiro atoms. The standard InChI is InChI=1S/C21H24O4/c1-4-5-6-7-14-8-19(22)21-18(13-25-20(21)9-14)15-10-16(23-2)12-17(11-15)24-3/h8-13,22H,4-7H2,1-3H3. The van der Waals surface area contributed by atoms with Crippen molar-refractivity contribution in [3.05, 3.63) is 42.2 Å². The maximum Gasteiger partial charge on any atom is 0.138 e. The number of ether oxygens (including phenoxy) is 2. The molecule has 132 valence electrons. The van der Waals surface area contributed by atoms with Crippen molar-refractivity contribution >= 4 is 11.0 Å². The number of phenols is 1. The zero-order valence-corrected chi connectivity index (χ0v) is 15.0. The fourth-order valence-corrected chi connectivity index (χ4v) is 3.10. The molecular weight excluding hydrogens is 316 g/mol. The zero-order chi connectivity index (χ0) is 17.8. The normalized spacial score (nSPS) is 11.0. The predicted octanol–water partition coefficient (Wildman–Crippen LogP) is 5.56. The maximum atomic E-state index is 10.6. The highest BCUT2D eigenvalue weighted by Crippen LogP contribution is 2.40. The average molecular weight is 340 g/mol. The summed E-state index contributed by atoms with van der Waals surface area (Å²) in [6.45, 7) is 2.18. The van der Waals surface area contributed by atoms with Crippen molar-refractivity contribution in [2.45, 2.75) is 32.6 Å². The van der Waals surface area contributed by atoms with Crippen molar-refractivity contribution in [2.75, 3.05) is 14.2 Å². The summed E-state index contributed by atoms with van der Waals surface area (Å²) < 4.78 is 16.4. The Hall–Kier alpha value is -2.62. The van der Waals surface area contributed by atoms with Crippen LogP contribution in [0.15, 0.2) is 41.0 Å². The summed E-state index contributed by atoms with van der Waals surface area (Å²) in [5.74, 6) is 1.63. The van der Waals surface area contributed by atoms with Gasteiger partial charge >= 0.3 is 0 Å². The molecule has 0 radical (unpaired) electrons. The second-order valence-corrected chi connectivity index (χ2v) is 6.20. The number of methoxy groups -OCH3 is 2. The number of benzene rings is 2. The number of rotatable bonds is 7. The van der Waals surface area contributed by atoms with E-state index in [4.69, 9.17) is 13.9 Å². The van der Waals surface area contributed by atoms with Gasteiger partial charge in [-0.15, -0.1) is 0 Å². The van der Waals surface area contributed by atoms with Crippen LogP contribution in [0.25, 0.3) is 22.1 Å². The van der Waals surface area contributed by atoms with Crippen LogP contribution in [0.2, 0.25) is 0 Å². The Labute approximate surface area is 148 Å². The number of phenolic OH excluding ortho intramolecular Hbond substituents is 1. The maximum absolute atomic E-state index is 10.6. The molecule has 2 aromatic carbocycles. The smallest absolute Gasteiger partial charge is 0.138 e. The molecule has 0 atom stereocenters. The van der Waals surface area contributed by atoms with E-state index < -0.39 is 0 Å². The molecule has 0 aliphatic carbocycles. The van der Waals surface area contributed by atoms with Gasteiger partial charge in [-0.05, 0) is 48.2 Å². The fourth-order valence-electron chi connectivity index (χ4n) is 3.10. The van der Waals surface area contributed by atoms with Crippen LogP contribution in [0.3, 0.4) is 0 Å². The summed E-state index contributed by atoms with van der Waals surface area (Å²) in [5.41, 5.74) is 3.50. The summed E-state index contributed by atoms with van der Waals surface area (Å²) in [7, 11) is 3.23. The van der Waals surface area contributed by atoms with Gasteiger partial charge in [0, 0.05) is 11.6 Å². The zero-order valence-electron chi connectivity index (χ0n) is 15.0. The number of aromatic hydroxyl groups is 1. The van der Waals surface area contributed by atoms with E-state index in [9.17, 15) is 5.11 Å². The number of fused-ring (bicyclic) bond motifs is 1. The van der Waals surface area contributed by atoms with Gasteiger partial charge in [0.05, 0.1) is 25.9 Å². The van der Waals surface area contributed by atoms with Gasteiger partial charge in [0.2, 0.25) is 0 Å². The van der Waals surface area contributed by atoms with Crippen LogP contribution < -0.4 is 9.47 Å². The molecule has 0 fully saturated rings. The molecule has 0 saturated carbocycles. The van der Waals surface area contributed by atoms with Crippen molar-refractivity contribution in [3.63, 3.8) is 0 Å². The summed E-state index contributed by atoms with van der Waals surface area (Å²) in [6.07, 6.45) is 6.10. The lowest BCUT2D eigenvalue weighted by molar-refractivity contribution is 0.394. The van der Waals surface area contributed by atoms with E-state index in [0.717, 1.165) is 34.9 Å². The van der Waals surface area contributed by atoms with E-state index in [2.05, 4.69) is 6.92 Å². The van der Waals surface area contributed by atoms with Crippen LogP contribution in [0.1, 0.15) is 31.7 Å². The Morgan fingerprint density at radius 1 is 0.960 bits per heavy atom. The number of hydrogen-bond acceptors (Lipinski definition) is 4. The van der Waals surface area contributed by atoms with Gasteiger partial charge in [-0.25, -0.2) is 0 Å². The van der Waals surface area contributed by atoms with Crippen LogP contribution in [-0.4, -0.2) is 19.3 Å². The lowest BCUT2D eigenvalue weighted by Gasteiger charge is -2.08. The molecule has 4 nitrogen and oxygen atoms in total. The molecule has 1 heterocycles. The molecule has 0 saturated heterocycles. The molecule has 0 bridgehead atoms. The van der Waals surface area contributed by atoms with Gasteiger partial charge in [0.15, 0.2) is 0 Å². The van der Waals surface area contributed by atoms with E-state index in [1.807, 2.05) is 30.3 Å². The minimum atomic E-state index is 0.245. The van der Waals surface area contributed by atoms with E-state index in [1.165, 1.54) is 12.8 Å².